The van der Waals surface area contributed by atoms with Crippen LogP contribution in [0.2, 0.25) is 0 Å². The van der Waals surface area contributed by atoms with Gasteiger partial charge in [0.2, 0.25) is 5.60 Å². The average Bonchev–Trinajstić information content (AvgIpc) is 3.16. The summed E-state index contributed by atoms with van der Waals surface area (Å²) in [5, 5.41) is 3.06. The van der Waals surface area contributed by atoms with Crippen LogP contribution in [0.15, 0.2) is 52.4 Å². The van der Waals surface area contributed by atoms with Crippen LogP contribution in [-0.4, -0.2) is 38.0 Å². The molecule has 0 spiro atoms. The zero-order valence-electron chi connectivity index (χ0n) is 15.6. The third-order valence-electron chi connectivity index (χ3n) is 4.28. The Balaban J connectivity index is 2.01. The van der Waals surface area contributed by atoms with Crippen molar-refractivity contribution in [3.63, 3.8) is 0 Å². The topological polar surface area (TPSA) is 84.8 Å². The van der Waals surface area contributed by atoms with Crippen LogP contribution in [0.5, 0.6) is 5.75 Å². The second-order valence-electron chi connectivity index (χ2n) is 6.50. The van der Waals surface area contributed by atoms with Crippen LogP contribution in [0, 0.1) is 11.6 Å². The Hall–Kier alpha value is -2.46. The van der Waals surface area contributed by atoms with E-state index in [-0.39, 0.29) is 16.2 Å². The number of aliphatic imine (C=N–C) groups is 1. The van der Waals surface area contributed by atoms with Gasteiger partial charge in [0.1, 0.15) is 5.82 Å². The van der Waals surface area contributed by atoms with Crippen molar-refractivity contribution in [3.05, 3.63) is 59.7 Å². The predicted molar refractivity (Wildman–Crippen MR) is 107 cm³/mol. The molecule has 6 nitrogen and oxygen atoms in total. The number of carbonyl (C=O) groups excluding carboxylic acids is 1. The Morgan fingerprint density at radius 1 is 1.21 bits per heavy atom. The van der Waals surface area contributed by atoms with Crippen molar-refractivity contribution < 1.29 is 26.7 Å². The van der Waals surface area contributed by atoms with Gasteiger partial charge in [0.15, 0.2) is 26.6 Å². The van der Waals surface area contributed by atoms with Crippen molar-refractivity contribution >= 4 is 32.7 Å². The molecule has 1 heterocycles. The minimum absolute atomic E-state index is 0.0627. The van der Waals surface area contributed by atoms with Gasteiger partial charge >= 0.3 is 0 Å². The number of hydrogen-bond acceptors (Lipinski definition) is 6. The number of carbonyl (C=O) groups is 1. The van der Waals surface area contributed by atoms with Crippen molar-refractivity contribution in [2.75, 3.05) is 18.6 Å². The molecule has 0 radical (unpaired) electrons. The average molecular weight is 440 g/mol. The largest absolute Gasteiger partial charge is 0.470 e. The molecule has 1 N–H and O–H groups in total. The highest BCUT2D eigenvalue weighted by Gasteiger charge is 2.39. The van der Waals surface area contributed by atoms with Gasteiger partial charge in [-0.3, -0.25) is 9.79 Å². The zero-order valence-corrected chi connectivity index (χ0v) is 17.2. The fraction of sp³-hybridized carbons (Fsp3) is 0.263. The van der Waals surface area contributed by atoms with E-state index in [9.17, 15) is 22.0 Å². The Morgan fingerprint density at radius 2 is 1.90 bits per heavy atom. The summed E-state index contributed by atoms with van der Waals surface area (Å²) in [5.41, 5.74) is -1.45. The SMILES string of the molecule is CC(Oc1ccc(F)cc1F)(C(=O)NC1=NCCS1)c1ccc(S(C)(=O)=O)cc1. The predicted octanol–water partition coefficient (Wildman–Crippen LogP) is 2.88. The van der Waals surface area contributed by atoms with E-state index in [0.29, 0.717) is 17.8 Å². The van der Waals surface area contributed by atoms with Gasteiger partial charge in [-0.2, -0.15) is 0 Å². The summed E-state index contributed by atoms with van der Waals surface area (Å²) in [4.78, 5) is 17.3. The van der Waals surface area contributed by atoms with E-state index in [2.05, 4.69) is 10.3 Å². The van der Waals surface area contributed by atoms with E-state index in [1.807, 2.05) is 0 Å². The molecule has 0 aliphatic carbocycles. The maximum atomic E-state index is 14.2. The molecule has 1 amide bonds. The number of rotatable bonds is 5. The molecule has 0 fully saturated rings. The van der Waals surface area contributed by atoms with E-state index in [1.165, 1.54) is 43.0 Å². The molecule has 1 atom stereocenters. The highest BCUT2D eigenvalue weighted by Crippen LogP contribution is 2.31. The molecular formula is C19H18F2N2O4S2. The summed E-state index contributed by atoms with van der Waals surface area (Å²) in [6, 6.07) is 8.26. The number of hydrogen-bond donors (Lipinski definition) is 1. The van der Waals surface area contributed by atoms with Gasteiger partial charge in [0, 0.05) is 23.6 Å². The molecule has 0 bridgehead atoms. The first-order valence-corrected chi connectivity index (χ1v) is 11.4. The normalized spacial score (nSPS) is 16.1. The molecule has 0 saturated carbocycles. The lowest BCUT2D eigenvalue weighted by Gasteiger charge is -2.30. The van der Waals surface area contributed by atoms with Gasteiger partial charge < -0.3 is 10.1 Å². The molecule has 3 rings (SSSR count). The highest BCUT2D eigenvalue weighted by atomic mass is 32.2. The van der Waals surface area contributed by atoms with Crippen molar-refractivity contribution in [1.82, 2.24) is 5.32 Å². The number of amidine groups is 1. The summed E-state index contributed by atoms with van der Waals surface area (Å²) in [6.07, 6.45) is 1.06. The Kier molecular flexibility index (Phi) is 5.95. The number of amides is 1. The van der Waals surface area contributed by atoms with Gasteiger partial charge in [-0.15, -0.1) is 0 Å². The minimum atomic E-state index is -3.44. The number of nitrogens with one attached hydrogen (secondary N) is 1. The van der Waals surface area contributed by atoms with Crippen molar-refractivity contribution in [2.45, 2.75) is 17.4 Å². The molecule has 0 aromatic heterocycles. The van der Waals surface area contributed by atoms with Crippen molar-refractivity contribution in [2.24, 2.45) is 4.99 Å². The maximum Gasteiger partial charge on any atom is 0.274 e. The third kappa shape index (κ3) is 4.76. The molecule has 2 aromatic carbocycles. The van der Waals surface area contributed by atoms with Gasteiger partial charge in [-0.05, 0) is 31.2 Å². The lowest BCUT2D eigenvalue weighted by molar-refractivity contribution is -0.134. The van der Waals surface area contributed by atoms with Crippen LogP contribution in [0.3, 0.4) is 0 Å². The lowest BCUT2D eigenvalue weighted by atomic mass is 9.94. The molecule has 0 saturated heterocycles. The maximum absolute atomic E-state index is 14.2. The molecule has 1 aliphatic rings. The second-order valence-corrected chi connectivity index (χ2v) is 9.60. The summed E-state index contributed by atoms with van der Waals surface area (Å²) < 4.78 is 56.5. The number of thioether (sulfide) groups is 1. The summed E-state index contributed by atoms with van der Waals surface area (Å²) >= 11 is 1.36. The molecular weight excluding hydrogens is 422 g/mol. The van der Waals surface area contributed by atoms with E-state index in [0.717, 1.165) is 24.1 Å². The van der Waals surface area contributed by atoms with Crippen molar-refractivity contribution in [3.8, 4) is 5.75 Å². The highest BCUT2D eigenvalue weighted by molar-refractivity contribution is 8.14. The first kappa shape index (κ1) is 21.3. The van der Waals surface area contributed by atoms with Crippen LogP contribution >= 0.6 is 11.8 Å². The molecule has 10 heteroatoms. The number of halogens is 2. The molecule has 2 aromatic rings. The molecule has 29 heavy (non-hydrogen) atoms. The lowest BCUT2D eigenvalue weighted by Crippen LogP contribution is -2.48. The molecule has 154 valence electrons. The molecule has 1 aliphatic heterocycles. The van der Waals surface area contributed by atoms with Crippen LogP contribution in [0.4, 0.5) is 8.78 Å². The van der Waals surface area contributed by atoms with Gasteiger partial charge in [0.05, 0.1) is 11.4 Å². The molecule has 1 unspecified atom stereocenters. The van der Waals surface area contributed by atoms with E-state index in [4.69, 9.17) is 4.74 Å². The van der Waals surface area contributed by atoms with Crippen LogP contribution in [0.25, 0.3) is 0 Å². The number of ether oxygens (including phenoxy) is 1. The summed E-state index contributed by atoms with van der Waals surface area (Å²) in [5.74, 6) is -1.97. The fourth-order valence-corrected chi connectivity index (χ4v) is 4.02. The monoisotopic (exact) mass is 440 g/mol. The smallest absolute Gasteiger partial charge is 0.274 e. The number of benzene rings is 2. The van der Waals surface area contributed by atoms with Crippen LogP contribution in [-0.2, 0) is 20.2 Å². The number of nitrogens with zero attached hydrogens (tertiary/aromatic N) is 1. The fourth-order valence-electron chi connectivity index (χ4n) is 2.66. The van der Waals surface area contributed by atoms with Crippen molar-refractivity contribution in [1.29, 1.82) is 0 Å². The Bertz CT molecular complexity index is 1070. The minimum Gasteiger partial charge on any atom is -0.470 e. The zero-order chi connectivity index (χ0) is 21.2. The van der Waals surface area contributed by atoms with Crippen LogP contribution in [0.1, 0.15) is 12.5 Å². The second kappa shape index (κ2) is 8.11. The van der Waals surface area contributed by atoms with E-state index >= 15 is 0 Å². The quantitative estimate of drug-likeness (QED) is 0.773. The Morgan fingerprint density at radius 3 is 2.45 bits per heavy atom. The summed E-state index contributed by atoms with van der Waals surface area (Å²) in [7, 11) is -3.44. The standard InChI is InChI=1S/C19H18F2N2O4S2/c1-19(17(24)23-18-22-9-10-28-18,27-16-8-5-13(20)11-15(16)21)12-3-6-14(7-4-12)29(2,25)26/h3-8,11H,9-10H2,1-2H3,(H,22,23,24). The van der Waals surface area contributed by atoms with Gasteiger partial charge in [-0.25, -0.2) is 17.2 Å². The van der Waals surface area contributed by atoms with Gasteiger partial charge in [0.25, 0.3) is 5.91 Å². The van der Waals surface area contributed by atoms with E-state index in [1.54, 1.807) is 0 Å². The number of sulfone groups is 1. The Labute approximate surface area is 171 Å². The third-order valence-corrected chi connectivity index (χ3v) is 6.30. The van der Waals surface area contributed by atoms with Crippen LogP contribution < -0.4 is 10.1 Å². The van der Waals surface area contributed by atoms with E-state index < -0.39 is 33.0 Å². The summed E-state index contributed by atoms with van der Waals surface area (Å²) in [6.45, 7) is 1.98. The first-order valence-electron chi connectivity index (χ1n) is 8.53. The van der Waals surface area contributed by atoms with Gasteiger partial charge in [-0.1, -0.05) is 23.9 Å². The first-order chi connectivity index (χ1) is 13.6.